The minimum Gasteiger partial charge on any atom is -0.416 e. The molecule has 0 aliphatic rings. The van der Waals surface area contributed by atoms with Gasteiger partial charge in [0.25, 0.3) is 0 Å². The quantitative estimate of drug-likeness (QED) is 0.575. The Hall–Kier alpha value is -0.933. The molecule has 0 bridgehead atoms. The van der Waals surface area contributed by atoms with E-state index in [1.54, 1.807) is 0 Å². The monoisotopic (exact) mass is 292 g/mol. The summed E-state index contributed by atoms with van der Waals surface area (Å²) in [6.45, 7) is 16.2. The maximum atomic E-state index is 11.2. The predicted octanol–water partition coefficient (Wildman–Crippen LogP) is 4.80. The summed E-state index contributed by atoms with van der Waals surface area (Å²) in [4.78, 5) is 11.2. The lowest BCUT2D eigenvalue weighted by Gasteiger charge is -2.39. The first-order valence-corrected chi connectivity index (χ1v) is 10.1. The van der Waals surface area contributed by atoms with Gasteiger partial charge in [0.05, 0.1) is 0 Å². The zero-order valence-electron chi connectivity index (χ0n) is 13.9. The van der Waals surface area contributed by atoms with E-state index in [4.69, 9.17) is 4.43 Å². The molecular formula is C17H28O2Si. The summed E-state index contributed by atoms with van der Waals surface area (Å²) in [7, 11) is -1.76. The van der Waals surface area contributed by atoms with Crippen LogP contribution in [0.3, 0.4) is 0 Å². The number of hydrogen-bond donors (Lipinski definition) is 0. The number of rotatable bonds is 5. The molecule has 0 N–H and O–H groups in total. The Balaban J connectivity index is 2.93. The lowest BCUT2D eigenvalue weighted by atomic mass is 9.83. The maximum Gasteiger partial charge on any atom is 0.192 e. The molecule has 1 aromatic rings. The molecule has 0 atom stereocenters. The normalized spacial score (nSPS) is 13.3. The van der Waals surface area contributed by atoms with E-state index in [9.17, 15) is 4.79 Å². The summed E-state index contributed by atoms with van der Waals surface area (Å²) in [6, 6.07) is 7.78. The van der Waals surface area contributed by atoms with Crippen LogP contribution in [-0.4, -0.2) is 21.2 Å². The lowest BCUT2D eigenvalue weighted by molar-refractivity contribution is 0.112. The average Bonchev–Trinajstić information content (AvgIpc) is 2.35. The number of carbonyl (C=O) groups is 1. The Morgan fingerprint density at radius 1 is 1.10 bits per heavy atom. The van der Waals surface area contributed by atoms with Gasteiger partial charge in [0.2, 0.25) is 0 Å². The van der Waals surface area contributed by atoms with Crippen LogP contribution in [0.4, 0.5) is 0 Å². The molecule has 1 rings (SSSR count). The van der Waals surface area contributed by atoms with Gasteiger partial charge in [0.15, 0.2) is 8.32 Å². The summed E-state index contributed by atoms with van der Waals surface area (Å²) in [5.74, 6) is 0. The third-order valence-electron chi connectivity index (χ3n) is 4.42. The summed E-state index contributed by atoms with van der Waals surface area (Å²) in [5, 5.41) is 0.202. The van der Waals surface area contributed by atoms with Crippen molar-refractivity contribution in [3.05, 3.63) is 35.4 Å². The number of hydrogen-bond acceptors (Lipinski definition) is 2. The topological polar surface area (TPSA) is 26.3 Å². The van der Waals surface area contributed by atoms with Crippen LogP contribution >= 0.6 is 0 Å². The van der Waals surface area contributed by atoms with Crippen LogP contribution in [-0.2, 0) is 9.84 Å². The zero-order valence-corrected chi connectivity index (χ0v) is 14.9. The largest absolute Gasteiger partial charge is 0.416 e. The Bertz CT molecular complexity index is 470. The molecule has 1 aromatic carbocycles. The van der Waals surface area contributed by atoms with Crippen molar-refractivity contribution in [3.63, 3.8) is 0 Å². The van der Waals surface area contributed by atoms with Crippen LogP contribution < -0.4 is 0 Å². The van der Waals surface area contributed by atoms with Gasteiger partial charge in [-0.25, -0.2) is 0 Å². The van der Waals surface area contributed by atoms with E-state index in [2.05, 4.69) is 47.7 Å². The van der Waals surface area contributed by atoms with Crippen LogP contribution in [0.1, 0.15) is 50.5 Å². The fourth-order valence-corrected chi connectivity index (χ4v) is 3.03. The Kier molecular flexibility index (Phi) is 4.98. The van der Waals surface area contributed by atoms with Gasteiger partial charge in [-0.15, -0.1) is 0 Å². The highest BCUT2D eigenvalue weighted by Gasteiger charge is 2.38. The van der Waals surface area contributed by atoms with E-state index in [1.807, 2.05) is 24.3 Å². The molecule has 2 nitrogen and oxygen atoms in total. The third-order valence-corrected chi connectivity index (χ3v) is 8.90. The second-order valence-electron chi connectivity index (χ2n) is 7.64. The highest BCUT2D eigenvalue weighted by Crippen LogP contribution is 2.38. The Labute approximate surface area is 124 Å². The van der Waals surface area contributed by atoms with Gasteiger partial charge in [-0.2, -0.15) is 0 Å². The molecule has 20 heavy (non-hydrogen) atoms. The molecule has 0 aromatic heterocycles. The molecule has 0 unspecified atom stereocenters. The third kappa shape index (κ3) is 3.80. The maximum absolute atomic E-state index is 11.2. The lowest BCUT2D eigenvalue weighted by Crippen LogP contribution is -2.44. The molecule has 0 heterocycles. The summed E-state index contributed by atoms with van der Waals surface area (Å²) >= 11 is 0. The molecule has 0 radical (unpaired) electrons. The van der Waals surface area contributed by atoms with E-state index in [-0.39, 0.29) is 10.5 Å². The van der Waals surface area contributed by atoms with Crippen molar-refractivity contribution in [1.29, 1.82) is 0 Å². The number of benzene rings is 1. The van der Waals surface area contributed by atoms with Crippen LogP contribution in [0.25, 0.3) is 0 Å². The molecule has 0 aliphatic carbocycles. The molecular weight excluding hydrogens is 264 g/mol. The van der Waals surface area contributed by atoms with E-state index in [0.717, 1.165) is 17.4 Å². The zero-order chi connectivity index (χ0) is 15.6. The van der Waals surface area contributed by atoms with Crippen LogP contribution in [0.15, 0.2) is 24.3 Å². The van der Waals surface area contributed by atoms with Gasteiger partial charge < -0.3 is 4.43 Å². The van der Waals surface area contributed by atoms with Crippen LogP contribution in [0.2, 0.25) is 18.1 Å². The standard InChI is InChI=1S/C17H28O2Si/c1-16(2,3)20(6,7)19-13-17(4,5)15-11-9-8-10-14(15)12-18/h8-12H,13H2,1-7H3. The van der Waals surface area contributed by atoms with Crippen LogP contribution in [0, 0.1) is 0 Å². The Morgan fingerprint density at radius 3 is 2.15 bits per heavy atom. The van der Waals surface area contributed by atoms with Crippen LogP contribution in [0.5, 0.6) is 0 Å². The summed E-state index contributed by atoms with van der Waals surface area (Å²) < 4.78 is 6.34. The first kappa shape index (κ1) is 17.1. The van der Waals surface area contributed by atoms with Gasteiger partial charge in [0, 0.05) is 17.6 Å². The van der Waals surface area contributed by atoms with Gasteiger partial charge in [-0.05, 0) is 23.7 Å². The SMILES string of the molecule is CC(C)(CO[Si](C)(C)C(C)(C)C)c1ccccc1C=O. The second-order valence-corrected chi connectivity index (χ2v) is 12.4. The average molecular weight is 292 g/mol. The van der Waals surface area contributed by atoms with Crippen molar-refractivity contribution in [3.8, 4) is 0 Å². The van der Waals surface area contributed by atoms with Gasteiger partial charge in [-0.3, -0.25) is 4.79 Å². The summed E-state index contributed by atoms with van der Waals surface area (Å²) in [6.07, 6.45) is 0.934. The smallest absolute Gasteiger partial charge is 0.192 e. The van der Waals surface area contributed by atoms with E-state index in [1.165, 1.54) is 0 Å². The fraction of sp³-hybridized carbons (Fsp3) is 0.588. The molecule has 112 valence electrons. The number of aldehydes is 1. The fourth-order valence-electron chi connectivity index (χ4n) is 1.87. The molecule has 0 saturated carbocycles. The van der Waals surface area contributed by atoms with E-state index < -0.39 is 8.32 Å². The van der Waals surface area contributed by atoms with Gasteiger partial charge in [-0.1, -0.05) is 58.9 Å². The predicted molar refractivity (Wildman–Crippen MR) is 88.0 cm³/mol. The van der Waals surface area contributed by atoms with Crippen molar-refractivity contribution in [2.24, 2.45) is 0 Å². The van der Waals surface area contributed by atoms with Gasteiger partial charge in [0.1, 0.15) is 6.29 Å². The van der Waals surface area contributed by atoms with Crippen molar-refractivity contribution in [2.75, 3.05) is 6.61 Å². The highest BCUT2D eigenvalue weighted by atomic mass is 28.4. The van der Waals surface area contributed by atoms with Crippen molar-refractivity contribution >= 4 is 14.6 Å². The number of carbonyl (C=O) groups excluding carboxylic acids is 1. The Morgan fingerprint density at radius 2 is 1.65 bits per heavy atom. The van der Waals surface area contributed by atoms with Crippen molar-refractivity contribution in [2.45, 2.75) is 58.2 Å². The van der Waals surface area contributed by atoms with E-state index >= 15 is 0 Å². The minimum absolute atomic E-state index is 0.160. The molecule has 0 saturated heterocycles. The van der Waals surface area contributed by atoms with Gasteiger partial charge >= 0.3 is 0 Å². The summed E-state index contributed by atoms with van der Waals surface area (Å²) in [5.41, 5.74) is 1.66. The molecule has 0 spiro atoms. The first-order chi connectivity index (χ1) is 9.01. The molecule has 3 heteroatoms. The minimum atomic E-state index is -1.76. The molecule has 0 fully saturated rings. The first-order valence-electron chi connectivity index (χ1n) is 7.20. The van der Waals surface area contributed by atoms with Crippen molar-refractivity contribution < 1.29 is 9.22 Å². The highest BCUT2D eigenvalue weighted by molar-refractivity contribution is 6.74. The second kappa shape index (κ2) is 5.82. The molecule has 0 amide bonds. The molecule has 0 aliphatic heterocycles. The van der Waals surface area contributed by atoms with Crippen molar-refractivity contribution in [1.82, 2.24) is 0 Å². The van der Waals surface area contributed by atoms with E-state index in [0.29, 0.717) is 6.61 Å².